The number of amides is 4. The number of nitrogens with zero attached hydrogens (tertiary/aromatic N) is 3. The fraction of sp³-hybridized carbons (Fsp3) is 0.545. The molecule has 1 atom stereocenters. The van der Waals surface area contributed by atoms with E-state index >= 15 is 0 Å². The van der Waals surface area contributed by atoms with Gasteiger partial charge < -0.3 is 20.0 Å². The smallest absolute Gasteiger partial charge is 0.251 e. The first-order valence-electron chi connectivity index (χ1n) is 10.4. The van der Waals surface area contributed by atoms with E-state index in [1.54, 1.807) is 39.0 Å². The van der Waals surface area contributed by atoms with Crippen LogP contribution in [0, 0.1) is 5.92 Å². The van der Waals surface area contributed by atoms with Crippen molar-refractivity contribution in [1.29, 1.82) is 0 Å². The summed E-state index contributed by atoms with van der Waals surface area (Å²) in [6, 6.07) is 8.75. The molecular weight excluding hydrogens is 384 g/mol. The first kappa shape index (κ1) is 21.8. The van der Waals surface area contributed by atoms with Crippen LogP contribution in [0.25, 0.3) is 0 Å². The number of carbonyl (C=O) groups excluding carboxylic acids is 4. The molecule has 2 fully saturated rings. The quantitative estimate of drug-likeness (QED) is 0.787. The van der Waals surface area contributed by atoms with Crippen LogP contribution in [0.1, 0.15) is 37.6 Å². The number of hydrogen-bond donors (Lipinski definition) is 1. The number of benzene rings is 1. The Bertz CT molecular complexity index is 810. The second-order valence-corrected chi connectivity index (χ2v) is 8.83. The summed E-state index contributed by atoms with van der Waals surface area (Å²) in [6.07, 6.45) is 0.251. The van der Waals surface area contributed by atoms with Gasteiger partial charge in [-0.2, -0.15) is 0 Å². The van der Waals surface area contributed by atoms with Gasteiger partial charge in [-0.25, -0.2) is 0 Å². The van der Waals surface area contributed by atoms with E-state index in [1.807, 2.05) is 26.8 Å². The largest absolute Gasteiger partial charge is 0.343 e. The van der Waals surface area contributed by atoms with Crippen LogP contribution in [0.5, 0.6) is 0 Å². The molecule has 1 aromatic rings. The van der Waals surface area contributed by atoms with Crippen molar-refractivity contribution >= 4 is 23.6 Å². The highest BCUT2D eigenvalue weighted by Gasteiger charge is 2.41. The highest BCUT2D eigenvalue weighted by molar-refractivity contribution is 5.96. The van der Waals surface area contributed by atoms with Crippen LogP contribution in [0.3, 0.4) is 0 Å². The molecule has 2 aliphatic rings. The number of likely N-dealkylation sites (tertiary alicyclic amines) is 1. The van der Waals surface area contributed by atoms with Crippen molar-refractivity contribution in [2.75, 3.05) is 39.3 Å². The third-order valence-electron chi connectivity index (χ3n) is 5.66. The van der Waals surface area contributed by atoms with Crippen LogP contribution in [0.2, 0.25) is 0 Å². The zero-order valence-electron chi connectivity index (χ0n) is 17.9. The number of carbonyl (C=O) groups is 4. The monoisotopic (exact) mass is 414 g/mol. The maximum atomic E-state index is 12.9. The Labute approximate surface area is 177 Å². The number of rotatable bonds is 4. The third-order valence-corrected chi connectivity index (χ3v) is 5.66. The highest BCUT2D eigenvalue weighted by atomic mass is 16.2. The Morgan fingerprint density at radius 3 is 2.17 bits per heavy atom. The molecule has 2 aliphatic heterocycles. The van der Waals surface area contributed by atoms with Gasteiger partial charge in [-0.05, 0) is 32.9 Å². The molecule has 0 saturated carbocycles. The molecule has 4 amide bonds. The summed E-state index contributed by atoms with van der Waals surface area (Å²) >= 11 is 0. The molecule has 2 saturated heterocycles. The van der Waals surface area contributed by atoms with Gasteiger partial charge in [-0.15, -0.1) is 0 Å². The molecule has 3 rings (SSSR count). The zero-order chi connectivity index (χ0) is 21.9. The van der Waals surface area contributed by atoms with Gasteiger partial charge >= 0.3 is 0 Å². The van der Waals surface area contributed by atoms with E-state index in [4.69, 9.17) is 0 Å². The lowest BCUT2D eigenvalue weighted by Crippen LogP contribution is -2.54. The van der Waals surface area contributed by atoms with Crippen molar-refractivity contribution < 1.29 is 19.2 Å². The SMILES string of the molecule is CC(C)(C)N1CC(C(=O)N2CCN(C(=O)CNC(=O)c3ccccc3)CC2)CC1=O. The molecule has 1 N–H and O–H groups in total. The summed E-state index contributed by atoms with van der Waals surface area (Å²) < 4.78 is 0. The molecule has 8 heteroatoms. The average Bonchev–Trinajstić information content (AvgIpc) is 3.14. The molecule has 0 bridgehead atoms. The van der Waals surface area contributed by atoms with Crippen molar-refractivity contribution in [1.82, 2.24) is 20.0 Å². The van der Waals surface area contributed by atoms with Crippen LogP contribution >= 0.6 is 0 Å². The van der Waals surface area contributed by atoms with Crippen LogP contribution in [-0.2, 0) is 14.4 Å². The molecule has 8 nitrogen and oxygen atoms in total. The Hall–Kier alpha value is -2.90. The Morgan fingerprint density at radius 1 is 1.00 bits per heavy atom. The first-order valence-corrected chi connectivity index (χ1v) is 10.4. The average molecular weight is 415 g/mol. The first-order chi connectivity index (χ1) is 14.2. The van der Waals surface area contributed by atoms with Crippen LogP contribution in [0.15, 0.2) is 30.3 Å². The van der Waals surface area contributed by atoms with Crippen LogP contribution in [-0.4, -0.2) is 83.1 Å². The topological polar surface area (TPSA) is 90.0 Å². The molecule has 1 unspecified atom stereocenters. The Balaban J connectivity index is 1.45. The maximum absolute atomic E-state index is 12.9. The summed E-state index contributed by atoms with van der Waals surface area (Å²) in [6.45, 7) is 8.03. The van der Waals surface area contributed by atoms with Gasteiger partial charge in [0.05, 0.1) is 12.5 Å². The van der Waals surface area contributed by atoms with Gasteiger partial charge in [-0.3, -0.25) is 19.2 Å². The fourth-order valence-corrected chi connectivity index (χ4v) is 3.91. The fourth-order valence-electron chi connectivity index (χ4n) is 3.91. The Kier molecular flexibility index (Phi) is 6.43. The van der Waals surface area contributed by atoms with Crippen molar-refractivity contribution in [3.05, 3.63) is 35.9 Å². The lowest BCUT2D eigenvalue weighted by atomic mass is 10.1. The molecule has 162 valence electrons. The van der Waals surface area contributed by atoms with Crippen molar-refractivity contribution in [3.8, 4) is 0 Å². The van der Waals surface area contributed by atoms with Gasteiger partial charge in [0.15, 0.2) is 0 Å². The number of piperazine rings is 1. The van der Waals surface area contributed by atoms with Crippen LogP contribution in [0.4, 0.5) is 0 Å². The minimum atomic E-state index is -0.316. The second kappa shape index (κ2) is 8.85. The zero-order valence-corrected chi connectivity index (χ0v) is 17.9. The minimum Gasteiger partial charge on any atom is -0.343 e. The molecule has 0 aromatic heterocycles. The lowest BCUT2D eigenvalue weighted by Gasteiger charge is -2.36. The van der Waals surface area contributed by atoms with E-state index in [0.717, 1.165) is 0 Å². The summed E-state index contributed by atoms with van der Waals surface area (Å²) in [7, 11) is 0. The third kappa shape index (κ3) is 4.98. The maximum Gasteiger partial charge on any atom is 0.251 e. The highest BCUT2D eigenvalue weighted by Crippen LogP contribution is 2.27. The van der Waals surface area contributed by atoms with Crippen molar-refractivity contribution in [2.45, 2.75) is 32.7 Å². The Morgan fingerprint density at radius 2 is 1.60 bits per heavy atom. The summed E-state index contributed by atoms with van der Waals surface area (Å²) in [5.41, 5.74) is 0.220. The standard InChI is InChI=1S/C22H30N4O4/c1-22(2,3)26-15-17(13-18(26)27)21(30)25-11-9-24(10-12-25)19(28)14-23-20(29)16-7-5-4-6-8-16/h4-8,17H,9-15H2,1-3H3,(H,23,29). The van der Waals surface area contributed by atoms with Gasteiger partial charge in [0.1, 0.15) is 0 Å². The van der Waals surface area contributed by atoms with E-state index in [0.29, 0.717) is 38.3 Å². The number of nitrogens with one attached hydrogen (secondary N) is 1. The summed E-state index contributed by atoms with van der Waals surface area (Å²) in [5, 5.41) is 2.64. The van der Waals surface area contributed by atoms with Gasteiger partial charge in [0, 0.05) is 50.2 Å². The van der Waals surface area contributed by atoms with E-state index in [9.17, 15) is 19.2 Å². The van der Waals surface area contributed by atoms with E-state index < -0.39 is 0 Å². The second-order valence-electron chi connectivity index (χ2n) is 8.83. The van der Waals surface area contributed by atoms with Crippen molar-refractivity contribution in [2.24, 2.45) is 5.92 Å². The predicted octanol–water partition coefficient (Wildman–Crippen LogP) is 0.734. The van der Waals surface area contributed by atoms with Gasteiger partial charge in [0.25, 0.3) is 5.91 Å². The van der Waals surface area contributed by atoms with Crippen LogP contribution < -0.4 is 5.32 Å². The van der Waals surface area contributed by atoms with E-state index in [1.165, 1.54) is 0 Å². The molecular formula is C22H30N4O4. The van der Waals surface area contributed by atoms with E-state index in [-0.39, 0.29) is 48.1 Å². The summed E-state index contributed by atoms with van der Waals surface area (Å²) in [4.78, 5) is 54.8. The van der Waals surface area contributed by atoms with Crippen molar-refractivity contribution in [3.63, 3.8) is 0 Å². The van der Waals surface area contributed by atoms with Gasteiger partial charge in [0.2, 0.25) is 17.7 Å². The molecule has 30 heavy (non-hydrogen) atoms. The minimum absolute atomic E-state index is 0.0143. The molecule has 2 heterocycles. The van der Waals surface area contributed by atoms with Gasteiger partial charge in [-0.1, -0.05) is 18.2 Å². The molecule has 0 aliphatic carbocycles. The summed E-state index contributed by atoms with van der Waals surface area (Å²) in [5.74, 6) is -0.763. The van der Waals surface area contributed by atoms with E-state index in [2.05, 4.69) is 5.32 Å². The lowest BCUT2D eigenvalue weighted by molar-refractivity contribution is -0.141. The molecule has 0 spiro atoms. The number of hydrogen-bond acceptors (Lipinski definition) is 4. The predicted molar refractivity (Wildman–Crippen MR) is 112 cm³/mol. The normalized spacial score (nSPS) is 19.8. The molecule has 0 radical (unpaired) electrons. The molecule has 1 aromatic carbocycles.